The number of rotatable bonds is 3. The molecular weight excluding hydrogens is 232 g/mol. The van der Waals surface area contributed by atoms with Gasteiger partial charge in [0.25, 0.3) is 0 Å². The van der Waals surface area contributed by atoms with Crippen LogP contribution in [0, 0.1) is 17.0 Å². The lowest BCUT2D eigenvalue weighted by molar-refractivity contribution is -0.384. The normalized spacial score (nSPS) is 23.7. The Balaban J connectivity index is 2.15. The molecule has 2 unspecified atom stereocenters. The molecule has 0 spiro atoms. The highest BCUT2D eigenvalue weighted by molar-refractivity contribution is 5.57. The van der Waals surface area contributed by atoms with Gasteiger partial charge in [-0.3, -0.25) is 10.1 Å². The van der Waals surface area contributed by atoms with E-state index in [4.69, 9.17) is 0 Å². The van der Waals surface area contributed by atoms with E-state index in [0.29, 0.717) is 11.9 Å². The highest BCUT2D eigenvalue weighted by atomic mass is 16.6. The van der Waals surface area contributed by atoms with Gasteiger partial charge in [0.2, 0.25) is 5.82 Å². The van der Waals surface area contributed by atoms with Crippen molar-refractivity contribution in [2.45, 2.75) is 38.8 Å². The van der Waals surface area contributed by atoms with Crippen LogP contribution in [0.5, 0.6) is 0 Å². The van der Waals surface area contributed by atoms with E-state index < -0.39 is 0 Å². The summed E-state index contributed by atoms with van der Waals surface area (Å²) in [4.78, 5) is 14.8. The number of nitrogens with zero attached hydrogens (tertiary/aromatic N) is 2. The first kappa shape index (κ1) is 12.8. The van der Waals surface area contributed by atoms with Gasteiger partial charge in [0.15, 0.2) is 0 Å². The Morgan fingerprint density at radius 2 is 2.39 bits per heavy atom. The summed E-state index contributed by atoms with van der Waals surface area (Å²) in [6.07, 6.45) is 3.56. The number of hydrogen-bond acceptors (Lipinski definition) is 5. The SMILES string of the molecule is Cc1cnc(NC2CCNC(C)C2)c([N+](=O)[O-])c1. The van der Waals surface area contributed by atoms with Gasteiger partial charge in [-0.15, -0.1) is 0 Å². The molecule has 98 valence electrons. The Hall–Kier alpha value is -1.69. The molecule has 0 bridgehead atoms. The van der Waals surface area contributed by atoms with Crippen LogP contribution in [0.3, 0.4) is 0 Å². The molecule has 0 radical (unpaired) electrons. The summed E-state index contributed by atoms with van der Waals surface area (Å²) < 4.78 is 0. The molecule has 18 heavy (non-hydrogen) atoms. The largest absolute Gasteiger partial charge is 0.362 e. The van der Waals surface area contributed by atoms with Gasteiger partial charge >= 0.3 is 5.69 Å². The van der Waals surface area contributed by atoms with Gasteiger partial charge in [0, 0.05) is 24.3 Å². The summed E-state index contributed by atoms with van der Waals surface area (Å²) in [5.74, 6) is 0.379. The third-order valence-electron chi connectivity index (χ3n) is 3.17. The fourth-order valence-electron chi connectivity index (χ4n) is 2.26. The van der Waals surface area contributed by atoms with Gasteiger partial charge in [-0.2, -0.15) is 0 Å². The zero-order valence-corrected chi connectivity index (χ0v) is 10.6. The molecule has 1 aliphatic heterocycles. The smallest absolute Gasteiger partial charge is 0.311 e. The van der Waals surface area contributed by atoms with Gasteiger partial charge in [-0.1, -0.05) is 0 Å². The molecule has 2 heterocycles. The van der Waals surface area contributed by atoms with Crippen molar-refractivity contribution in [2.24, 2.45) is 0 Å². The van der Waals surface area contributed by atoms with Crippen LogP contribution in [0.4, 0.5) is 11.5 Å². The summed E-state index contributed by atoms with van der Waals surface area (Å²) in [6.45, 7) is 4.85. The second-order valence-electron chi connectivity index (χ2n) is 4.86. The Morgan fingerprint density at radius 1 is 1.61 bits per heavy atom. The van der Waals surface area contributed by atoms with Crippen LogP contribution >= 0.6 is 0 Å². The van der Waals surface area contributed by atoms with Crippen LogP contribution in [-0.2, 0) is 0 Å². The number of anilines is 1. The van der Waals surface area contributed by atoms with Gasteiger partial charge in [-0.05, 0) is 38.8 Å². The van der Waals surface area contributed by atoms with Gasteiger partial charge < -0.3 is 10.6 Å². The fourth-order valence-corrected chi connectivity index (χ4v) is 2.26. The third kappa shape index (κ3) is 2.95. The monoisotopic (exact) mass is 250 g/mol. The second kappa shape index (κ2) is 5.30. The van der Waals surface area contributed by atoms with Gasteiger partial charge in [-0.25, -0.2) is 4.98 Å². The molecule has 2 N–H and O–H groups in total. The van der Waals surface area contributed by atoms with E-state index in [-0.39, 0.29) is 16.7 Å². The first-order chi connectivity index (χ1) is 8.56. The van der Waals surface area contributed by atoms with E-state index in [1.807, 2.05) is 0 Å². The van der Waals surface area contributed by atoms with E-state index in [1.54, 1.807) is 19.2 Å². The first-order valence-electron chi connectivity index (χ1n) is 6.17. The number of piperidine rings is 1. The van der Waals surface area contributed by atoms with Crippen molar-refractivity contribution in [3.8, 4) is 0 Å². The number of pyridine rings is 1. The molecule has 0 saturated carbocycles. The summed E-state index contributed by atoms with van der Waals surface area (Å²) in [7, 11) is 0. The van der Waals surface area contributed by atoms with Crippen LogP contribution in [0.1, 0.15) is 25.3 Å². The molecule has 6 nitrogen and oxygen atoms in total. The van der Waals surface area contributed by atoms with E-state index >= 15 is 0 Å². The zero-order valence-electron chi connectivity index (χ0n) is 10.6. The van der Waals surface area contributed by atoms with E-state index in [1.165, 1.54) is 0 Å². The predicted octanol–water partition coefficient (Wildman–Crippen LogP) is 1.85. The molecule has 0 aliphatic carbocycles. The van der Waals surface area contributed by atoms with E-state index in [9.17, 15) is 10.1 Å². The highest BCUT2D eigenvalue weighted by Crippen LogP contribution is 2.25. The Kier molecular flexibility index (Phi) is 3.76. The summed E-state index contributed by atoms with van der Waals surface area (Å²) in [5.41, 5.74) is 0.854. The molecule has 1 saturated heterocycles. The van der Waals surface area contributed by atoms with E-state index in [0.717, 1.165) is 24.9 Å². The Bertz CT molecular complexity index is 450. The number of hydrogen-bond donors (Lipinski definition) is 2. The van der Waals surface area contributed by atoms with E-state index in [2.05, 4.69) is 22.5 Å². The molecule has 2 rings (SSSR count). The average Bonchev–Trinajstić information content (AvgIpc) is 2.31. The lowest BCUT2D eigenvalue weighted by Gasteiger charge is -2.28. The predicted molar refractivity (Wildman–Crippen MR) is 69.7 cm³/mol. The lowest BCUT2D eigenvalue weighted by Crippen LogP contribution is -2.41. The molecule has 0 amide bonds. The summed E-state index contributed by atoms with van der Waals surface area (Å²) in [5, 5.41) is 17.5. The number of aromatic nitrogens is 1. The maximum Gasteiger partial charge on any atom is 0.311 e. The van der Waals surface area contributed by atoms with Crippen molar-refractivity contribution in [3.05, 3.63) is 27.9 Å². The van der Waals surface area contributed by atoms with Gasteiger partial charge in [0.05, 0.1) is 4.92 Å². The molecule has 1 fully saturated rings. The number of nitro groups is 1. The maximum absolute atomic E-state index is 11.0. The first-order valence-corrected chi connectivity index (χ1v) is 6.17. The van der Waals surface area contributed by atoms with Crippen molar-refractivity contribution in [1.82, 2.24) is 10.3 Å². The van der Waals surface area contributed by atoms with Crippen molar-refractivity contribution in [2.75, 3.05) is 11.9 Å². The van der Waals surface area contributed by atoms with Crippen molar-refractivity contribution in [3.63, 3.8) is 0 Å². The average molecular weight is 250 g/mol. The van der Waals surface area contributed by atoms with Crippen LogP contribution in [0.15, 0.2) is 12.3 Å². The summed E-state index contributed by atoms with van der Waals surface area (Å²) >= 11 is 0. The minimum absolute atomic E-state index is 0.0567. The minimum Gasteiger partial charge on any atom is -0.362 e. The minimum atomic E-state index is -0.382. The van der Waals surface area contributed by atoms with Crippen LogP contribution < -0.4 is 10.6 Å². The van der Waals surface area contributed by atoms with Crippen molar-refractivity contribution >= 4 is 11.5 Å². The molecule has 6 heteroatoms. The quantitative estimate of drug-likeness (QED) is 0.632. The molecule has 2 atom stereocenters. The maximum atomic E-state index is 11.0. The van der Waals surface area contributed by atoms with Crippen LogP contribution in [0.2, 0.25) is 0 Å². The van der Waals surface area contributed by atoms with Gasteiger partial charge in [0.1, 0.15) is 0 Å². The van der Waals surface area contributed by atoms with Crippen molar-refractivity contribution in [1.29, 1.82) is 0 Å². The molecule has 1 aromatic rings. The standard InChI is InChI=1S/C12H18N4O2/c1-8-5-11(16(17)18)12(14-7-8)15-10-3-4-13-9(2)6-10/h5,7,9-10,13H,3-4,6H2,1-2H3,(H,14,15). The lowest BCUT2D eigenvalue weighted by atomic mass is 10.0. The third-order valence-corrected chi connectivity index (χ3v) is 3.17. The molecular formula is C12H18N4O2. The zero-order chi connectivity index (χ0) is 13.1. The van der Waals surface area contributed by atoms with Crippen LogP contribution in [0.25, 0.3) is 0 Å². The Labute approximate surface area is 106 Å². The number of nitrogens with one attached hydrogen (secondary N) is 2. The topological polar surface area (TPSA) is 80.1 Å². The molecule has 1 aromatic heterocycles. The second-order valence-corrected chi connectivity index (χ2v) is 4.86. The fraction of sp³-hybridized carbons (Fsp3) is 0.583. The van der Waals surface area contributed by atoms with Crippen LogP contribution in [-0.4, -0.2) is 28.5 Å². The molecule has 0 aromatic carbocycles. The molecule has 1 aliphatic rings. The summed E-state index contributed by atoms with van der Waals surface area (Å²) in [6, 6.07) is 2.23. The van der Waals surface area contributed by atoms with Crippen molar-refractivity contribution < 1.29 is 4.92 Å². The Morgan fingerprint density at radius 3 is 3.06 bits per heavy atom. The highest BCUT2D eigenvalue weighted by Gasteiger charge is 2.22. The number of aryl methyl sites for hydroxylation is 1.